The van der Waals surface area contributed by atoms with Gasteiger partial charge in [0.2, 0.25) is 5.60 Å². The zero-order valence-electron chi connectivity index (χ0n) is 12.4. The molecule has 126 valence electrons. The van der Waals surface area contributed by atoms with E-state index in [1.165, 1.54) is 24.8 Å². The number of carbonyl (C=O) groups excluding carboxylic acids is 1. The summed E-state index contributed by atoms with van der Waals surface area (Å²) in [7, 11) is 1.36. The lowest BCUT2D eigenvalue weighted by Gasteiger charge is -2.29. The van der Waals surface area contributed by atoms with Gasteiger partial charge in [-0.25, -0.2) is 4.98 Å². The van der Waals surface area contributed by atoms with Crippen LogP contribution in [0.1, 0.15) is 28.3 Å². The van der Waals surface area contributed by atoms with Gasteiger partial charge in [0.25, 0.3) is 5.91 Å². The van der Waals surface area contributed by atoms with E-state index in [4.69, 9.17) is 0 Å². The number of aryl methyl sites for hydroxylation is 2. The molecule has 2 aromatic rings. The molecule has 0 radical (unpaired) electrons. The Hall–Kier alpha value is -1.94. The lowest BCUT2D eigenvalue weighted by Crippen LogP contribution is -2.46. The average Bonchev–Trinajstić information content (AvgIpc) is 3.05. The van der Waals surface area contributed by atoms with Crippen molar-refractivity contribution < 1.29 is 23.1 Å². The lowest BCUT2D eigenvalue weighted by molar-refractivity contribution is -0.272. The van der Waals surface area contributed by atoms with Gasteiger partial charge in [0.1, 0.15) is 5.82 Å². The molecule has 0 saturated carbocycles. The Bertz CT molecular complexity index is 697. The molecule has 0 bridgehead atoms. The average molecular weight is 348 g/mol. The summed E-state index contributed by atoms with van der Waals surface area (Å²) in [5.74, 6) is -1.05. The van der Waals surface area contributed by atoms with Crippen molar-refractivity contribution in [1.82, 2.24) is 19.2 Å². The molecular weight excluding hydrogens is 333 g/mol. The zero-order valence-corrected chi connectivity index (χ0v) is 13.2. The molecule has 6 nitrogen and oxygen atoms in total. The van der Waals surface area contributed by atoms with Crippen LogP contribution < -0.4 is 5.32 Å². The predicted molar refractivity (Wildman–Crippen MR) is 77.0 cm³/mol. The van der Waals surface area contributed by atoms with Crippen molar-refractivity contribution in [1.29, 1.82) is 0 Å². The Morgan fingerprint density at radius 1 is 1.48 bits per heavy atom. The van der Waals surface area contributed by atoms with Gasteiger partial charge in [-0.3, -0.25) is 4.79 Å². The minimum absolute atomic E-state index is 0.308. The molecule has 23 heavy (non-hydrogen) atoms. The van der Waals surface area contributed by atoms with Crippen LogP contribution in [-0.4, -0.2) is 37.7 Å². The Kier molecular flexibility index (Phi) is 4.76. The van der Waals surface area contributed by atoms with Gasteiger partial charge in [-0.2, -0.15) is 17.5 Å². The SMILES string of the molecule is Cc1nscc1C(=O)NCCC(O)(c1nccn1C)C(F)(F)F. The van der Waals surface area contributed by atoms with Crippen LogP contribution in [0.2, 0.25) is 0 Å². The van der Waals surface area contributed by atoms with Gasteiger partial charge in [-0.1, -0.05) is 0 Å². The van der Waals surface area contributed by atoms with Crippen LogP contribution in [0.4, 0.5) is 13.2 Å². The quantitative estimate of drug-likeness (QED) is 0.863. The number of nitrogens with one attached hydrogen (secondary N) is 1. The van der Waals surface area contributed by atoms with Gasteiger partial charge >= 0.3 is 6.18 Å². The number of alkyl halides is 3. The molecule has 2 rings (SSSR count). The van der Waals surface area contributed by atoms with Crippen molar-refractivity contribution in [3.05, 3.63) is 34.9 Å². The third-order valence-corrected chi connectivity index (χ3v) is 4.15. The summed E-state index contributed by atoms with van der Waals surface area (Å²) in [5, 5.41) is 14.0. The molecule has 0 aliphatic heterocycles. The predicted octanol–water partition coefficient (Wildman–Crippen LogP) is 1.76. The summed E-state index contributed by atoms with van der Waals surface area (Å²) in [4.78, 5) is 15.5. The molecule has 1 atom stereocenters. The van der Waals surface area contributed by atoms with E-state index in [9.17, 15) is 23.1 Å². The number of imidazole rings is 1. The normalized spacial score (nSPS) is 14.5. The first kappa shape index (κ1) is 17.4. The molecule has 1 amide bonds. The molecule has 2 heterocycles. The Morgan fingerprint density at radius 3 is 2.65 bits per heavy atom. The highest BCUT2D eigenvalue weighted by Crippen LogP contribution is 2.40. The van der Waals surface area contributed by atoms with Gasteiger partial charge in [0.15, 0.2) is 0 Å². The summed E-state index contributed by atoms with van der Waals surface area (Å²) in [6, 6.07) is 0. The standard InChI is InChI=1S/C13H15F3N4O2S/c1-8-9(7-23-19-8)10(21)17-4-3-12(22,13(14,15)16)11-18-5-6-20(11)2/h5-7,22H,3-4H2,1-2H3,(H,17,21). The van der Waals surface area contributed by atoms with E-state index in [-0.39, 0.29) is 6.54 Å². The first-order chi connectivity index (χ1) is 10.7. The van der Waals surface area contributed by atoms with E-state index < -0.39 is 29.9 Å². The lowest BCUT2D eigenvalue weighted by atomic mass is 9.97. The van der Waals surface area contributed by atoms with E-state index in [0.717, 1.165) is 16.1 Å². The molecular formula is C13H15F3N4O2S. The van der Waals surface area contributed by atoms with Crippen molar-refractivity contribution in [2.75, 3.05) is 6.54 Å². The highest BCUT2D eigenvalue weighted by molar-refractivity contribution is 7.03. The van der Waals surface area contributed by atoms with E-state index in [1.807, 2.05) is 0 Å². The monoisotopic (exact) mass is 348 g/mol. The fraction of sp³-hybridized carbons (Fsp3) is 0.462. The number of aromatic nitrogens is 3. The second-order valence-corrected chi connectivity index (χ2v) is 5.67. The summed E-state index contributed by atoms with van der Waals surface area (Å²) in [5.41, 5.74) is -2.33. The maximum Gasteiger partial charge on any atom is 0.424 e. The van der Waals surface area contributed by atoms with Gasteiger partial charge in [-0.15, -0.1) is 0 Å². The number of halogens is 3. The van der Waals surface area contributed by atoms with Crippen LogP contribution in [0.3, 0.4) is 0 Å². The third kappa shape index (κ3) is 3.37. The van der Waals surface area contributed by atoms with E-state index in [0.29, 0.717) is 11.3 Å². The van der Waals surface area contributed by atoms with Gasteiger partial charge in [0, 0.05) is 37.8 Å². The Balaban J connectivity index is 2.10. The molecule has 1 unspecified atom stereocenters. The zero-order chi connectivity index (χ0) is 17.3. The number of carbonyl (C=O) groups is 1. The van der Waals surface area contributed by atoms with Crippen molar-refractivity contribution in [2.45, 2.75) is 25.1 Å². The van der Waals surface area contributed by atoms with E-state index in [1.54, 1.807) is 6.92 Å². The highest BCUT2D eigenvalue weighted by Gasteiger charge is 2.57. The van der Waals surface area contributed by atoms with Gasteiger partial charge in [-0.05, 0) is 18.5 Å². The van der Waals surface area contributed by atoms with Crippen LogP contribution >= 0.6 is 11.5 Å². The topological polar surface area (TPSA) is 80.0 Å². The second-order valence-electron chi connectivity index (χ2n) is 5.04. The minimum atomic E-state index is -4.92. The molecule has 0 fully saturated rings. The molecule has 2 N–H and O–H groups in total. The summed E-state index contributed by atoms with van der Waals surface area (Å²) < 4.78 is 44.9. The molecule has 0 spiro atoms. The Labute approximate surface area is 134 Å². The highest BCUT2D eigenvalue weighted by atomic mass is 32.1. The number of hydrogen-bond acceptors (Lipinski definition) is 5. The molecule has 2 aromatic heterocycles. The first-order valence-corrected chi connectivity index (χ1v) is 7.46. The van der Waals surface area contributed by atoms with Crippen LogP contribution in [0.15, 0.2) is 17.8 Å². The molecule has 0 aliphatic carbocycles. The van der Waals surface area contributed by atoms with Gasteiger partial charge < -0.3 is 15.0 Å². The van der Waals surface area contributed by atoms with Crippen molar-refractivity contribution in [3.63, 3.8) is 0 Å². The summed E-state index contributed by atoms with van der Waals surface area (Å²) >= 11 is 1.08. The number of nitrogens with zero attached hydrogens (tertiary/aromatic N) is 3. The van der Waals surface area contributed by atoms with Crippen molar-refractivity contribution in [3.8, 4) is 0 Å². The fourth-order valence-corrected chi connectivity index (χ4v) is 2.80. The van der Waals surface area contributed by atoms with Gasteiger partial charge in [0.05, 0.1) is 11.3 Å². The third-order valence-electron chi connectivity index (χ3n) is 3.43. The Morgan fingerprint density at radius 2 is 2.17 bits per heavy atom. The number of amides is 1. The van der Waals surface area contributed by atoms with E-state index >= 15 is 0 Å². The van der Waals surface area contributed by atoms with Crippen LogP contribution in [0, 0.1) is 6.92 Å². The summed E-state index contributed by atoms with van der Waals surface area (Å²) in [6.07, 6.45) is -3.18. The maximum atomic E-state index is 13.3. The number of hydrogen-bond donors (Lipinski definition) is 2. The minimum Gasteiger partial charge on any atom is -0.374 e. The number of aliphatic hydroxyl groups is 1. The van der Waals surface area contributed by atoms with Crippen LogP contribution in [0.5, 0.6) is 0 Å². The van der Waals surface area contributed by atoms with Crippen LogP contribution in [0.25, 0.3) is 0 Å². The van der Waals surface area contributed by atoms with E-state index in [2.05, 4.69) is 14.7 Å². The van der Waals surface area contributed by atoms with Crippen LogP contribution in [-0.2, 0) is 12.6 Å². The summed E-state index contributed by atoms with van der Waals surface area (Å²) in [6.45, 7) is 1.27. The maximum absolute atomic E-state index is 13.3. The van der Waals surface area contributed by atoms with Crippen molar-refractivity contribution >= 4 is 17.4 Å². The first-order valence-electron chi connectivity index (χ1n) is 6.63. The second kappa shape index (κ2) is 6.28. The molecule has 0 aliphatic rings. The largest absolute Gasteiger partial charge is 0.424 e. The molecule has 0 saturated heterocycles. The smallest absolute Gasteiger partial charge is 0.374 e. The van der Waals surface area contributed by atoms with Crippen molar-refractivity contribution in [2.24, 2.45) is 7.05 Å². The fourth-order valence-electron chi connectivity index (χ4n) is 2.11. The number of rotatable bonds is 5. The molecule has 0 aromatic carbocycles. The molecule has 10 heteroatoms.